The van der Waals surface area contributed by atoms with Crippen LogP contribution in [0.4, 0.5) is 0 Å². The number of rotatable bonds is 0. The molecule has 0 aromatic rings. The molecule has 0 bridgehead atoms. The molecule has 0 N–H and O–H groups in total. The van der Waals surface area contributed by atoms with Gasteiger partial charge in [-0.25, -0.2) is 0 Å². The minimum atomic E-state index is 0.833. The third-order valence-corrected chi connectivity index (χ3v) is 0. The van der Waals surface area contributed by atoms with Gasteiger partial charge in [-0.3, -0.25) is 0 Å². The Kier molecular flexibility index (Phi) is 3.33. The Bertz CT molecular complexity index is 8.00. The second kappa shape index (κ2) is 2.52. The summed E-state index contributed by atoms with van der Waals surface area (Å²) in [5, 5.41) is 0. The van der Waals surface area contributed by atoms with Crippen LogP contribution in [0, 0.1) is 36.6 Å². The first kappa shape index (κ1) is 5.29. The summed E-state index contributed by atoms with van der Waals surface area (Å²) >= 11 is 2.17. The van der Waals surface area contributed by atoms with Crippen LogP contribution in [0.3, 0.4) is 0 Å². The van der Waals surface area contributed by atoms with E-state index in [1.165, 1.54) is 0 Å². The summed E-state index contributed by atoms with van der Waals surface area (Å²) in [4.78, 5) is 0. The quantitative estimate of drug-likeness (QED) is 0.556. The summed E-state index contributed by atoms with van der Waals surface area (Å²) in [6.07, 6.45) is 0. The average Bonchev–Trinajstić information content (AvgIpc) is 0.811. The van der Waals surface area contributed by atoms with E-state index in [9.17, 15) is 0 Å². The van der Waals surface area contributed by atoms with Crippen molar-refractivity contribution < 1.29 is 36.6 Å². The molecular formula is C3H7Tb. The van der Waals surface area contributed by atoms with E-state index in [0.29, 0.717) is 0 Å². The topological polar surface area (TPSA) is 0 Å². The van der Waals surface area contributed by atoms with Crippen molar-refractivity contribution in [3.05, 3.63) is 0 Å². The Hall–Kier alpha value is 1.29. The zero-order valence-corrected chi connectivity index (χ0v) is 5.05. The molecule has 0 nitrogen and oxygen atoms in total. The van der Waals surface area contributed by atoms with Crippen LogP contribution >= 0.6 is 0 Å². The second-order valence-corrected chi connectivity index (χ2v) is 3.43. The van der Waals surface area contributed by atoms with Gasteiger partial charge in [0.15, 0.2) is 0 Å². The molecule has 0 aliphatic heterocycles. The van der Waals surface area contributed by atoms with Crippen molar-refractivity contribution in [3.8, 4) is 0 Å². The van der Waals surface area contributed by atoms with Crippen LogP contribution in [0.25, 0.3) is 0 Å². The Morgan fingerprint density at radius 2 is 1.50 bits per heavy atom. The van der Waals surface area contributed by atoms with Gasteiger partial charge >= 0.3 is 52.4 Å². The molecule has 0 aromatic carbocycles. The van der Waals surface area contributed by atoms with E-state index >= 15 is 0 Å². The fourth-order valence-electron chi connectivity index (χ4n) is 0. The standard InChI is InChI=1S/C3H7.Tb/c1-3-2;/h3H,1-2H3;. The van der Waals surface area contributed by atoms with Gasteiger partial charge in [0, 0.05) is 0 Å². The van der Waals surface area contributed by atoms with Crippen molar-refractivity contribution in [1.82, 2.24) is 0 Å². The van der Waals surface area contributed by atoms with Crippen molar-refractivity contribution in [2.24, 2.45) is 0 Å². The van der Waals surface area contributed by atoms with Crippen LogP contribution in [0.5, 0.6) is 0 Å². The third kappa shape index (κ3) is 10.4. The van der Waals surface area contributed by atoms with Gasteiger partial charge in [-0.15, -0.1) is 0 Å². The van der Waals surface area contributed by atoms with Crippen LogP contribution < -0.4 is 0 Å². The molecule has 0 aliphatic rings. The summed E-state index contributed by atoms with van der Waals surface area (Å²) in [7, 11) is 0. The van der Waals surface area contributed by atoms with Crippen molar-refractivity contribution in [2.75, 3.05) is 0 Å². The third-order valence-electron chi connectivity index (χ3n) is 0. The van der Waals surface area contributed by atoms with Crippen molar-refractivity contribution >= 4 is 0 Å². The Balaban J connectivity index is 2.32. The molecule has 0 aliphatic carbocycles. The van der Waals surface area contributed by atoms with Gasteiger partial charge < -0.3 is 0 Å². The minimum absolute atomic E-state index is 0.833. The summed E-state index contributed by atoms with van der Waals surface area (Å²) in [6.45, 7) is 4.33. The van der Waals surface area contributed by atoms with Crippen molar-refractivity contribution in [3.63, 3.8) is 0 Å². The van der Waals surface area contributed by atoms with Crippen LogP contribution in [0.2, 0.25) is 1.89 Å². The molecule has 0 unspecified atom stereocenters. The predicted molar refractivity (Wildman–Crippen MR) is 15.1 cm³/mol. The SMILES string of the molecule is C[CH](C)[Tb]. The molecule has 0 atom stereocenters. The molecule has 0 amide bonds. The summed E-state index contributed by atoms with van der Waals surface area (Å²) in [6, 6.07) is 0. The van der Waals surface area contributed by atoms with Gasteiger partial charge in [-0.2, -0.15) is 0 Å². The molecule has 0 rings (SSSR count). The zero-order valence-electron chi connectivity index (χ0n) is 2.91. The van der Waals surface area contributed by atoms with Crippen LogP contribution in [0.1, 0.15) is 13.8 Å². The fourth-order valence-corrected chi connectivity index (χ4v) is 0. The molecule has 0 heterocycles. The molecule has 4 heavy (non-hydrogen) atoms. The number of hydrogen-bond acceptors (Lipinski definition) is 0. The van der Waals surface area contributed by atoms with Crippen LogP contribution in [-0.2, 0) is 0 Å². The van der Waals surface area contributed by atoms with E-state index < -0.39 is 0 Å². The van der Waals surface area contributed by atoms with Gasteiger partial charge in [0.25, 0.3) is 0 Å². The summed E-state index contributed by atoms with van der Waals surface area (Å²) < 4.78 is 0.833. The average molecular weight is 202 g/mol. The molecule has 0 saturated heterocycles. The van der Waals surface area contributed by atoms with E-state index in [1.807, 2.05) is 0 Å². The zero-order chi connectivity index (χ0) is 3.58. The molecule has 0 saturated carbocycles. The van der Waals surface area contributed by atoms with Crippen molar-refractivity contribution in [1.29, 1.82) is 0 Å². The number of hydrogen-bond donors (Lipinski definition) is 0. The summed E-state index contributed by atoms with van der Waals surface area (Å²) in [5.41, 5.74) is 0. The molecular weight excluding hydrogens is 195 g/mol. The van der Waals surface area contributed by atoms with E-state index in [2.05, 4.69) is 50.5 Å². The Morgan fingerprint density at radius 1 is 1.50 bits per heavy atom. The molecule has 28 valence electrons. The van der Waals surface area contributed by atoms with E-state index in [1.54, 1.807) is 0 Å². The first-order chi connectivity index (χ1) is 1.73. The van der Waals surface area contributed by atoms with Crippen LogP contribution in [-0.4, -0.2) is 0 Å². The normalized spacial score (nSPS) is 9.25. The van der Waals surface area contributed by atoms with Gasteiger partial charge in [0.2, 0.25) is 0 Å². The monoisotopic (exact) mass is 202 g/mol. The first-order valence-corrected chi connectivity index (χ1v) is 2.58. The molecule has 0 spiro atoms. The molecule has 0 fully saturated rings. The molecule has 0 radical (unpaired) electrons. The predicted octanol–water partition coefficient (Wildman–Crippen LogP) is 1.36. The molecule has 1 heteroatoms. The van der Waals surface area contributed by atoms with Crippen LogP contribution in [0.15, 0.2) is 0 Å². The van der Waals surface area contributed by atoms with Gasteiger partial charge in [0.1, 0.15) is 0 Å². The van der Waals surface area contributed by atoms with Gasteiger partial charge in [0.05, 0.1) is 0 Å². The fraction of sp³-hybridized carbons (Fsp3) is 1.00. The first-order valence-electron chi connectivity index (χ1n) is 1.35. The Morgan fingerprint density at radius 3 is 1.50 bits per heavy atom. The summed E-state index contributed by atoms with van der Waals surface area (Å²) in [5.74, 6) is 0. The van der Waals surface area contributed by atoms with E-state index in [4.69, 9.17) is 0 Å². The van der Waals surface area contributed by atoms with Crippen molar-refractivity contribution in [2.45, 2.75) is 15.7 Å². The van der Waals surface area contributed by atoms with Gasteiger partial charge in [-0.1, -0.05) is 0 Å². The maximum absolute atomic E-state index is 2.17. The second-order valence-electron chi connectivity index (χ2n) is 0.962. The van der Waals surface area contributed by atoms with E-state index in [-0.39, 0.29) is 0 Å². The Labute approximate surface area is 51.9 Å². The van der Waals surface area contributed by atoms with E-state index in [0.717, 1.165) is 1.89 Å². The molecule has 0 aromatic heterocycles. The maximum atomic E-state index is 2.17. The van der Waals surface area contributed by atoms with Gasteiger partial charge in [-0.05, 0) is 0 Å².